The monoisotopic (exact) mass is 313 g/mol. The zero-order valence-corrected chi connectivity index (χ0v) is 12.9. The first kappa shape index (κ1) is 14.5. The summed E-state index contributed by atoms with van der Waals surface area (Å²) in [5.41, 5.74) is 1.65. The smallest absolute Gasteiger partial charge is 0.244 e. The number of thiophene rings is 1. The van der Waals surface area contributed by atoms with Crippen LogP contribution in [0.15, 0.2) is 52.1 Å². The molecule has 0 N–H and O–H groups in total. The molecule has 0 unspecified atom stereocenters. The topological polar surface area (TPSA) is 55.2 Å². The number of hydrogen-bond acceptors (Lipinski definition) is 4. The summed E-state index contributed by atoms with van der Waals surface area (Å²) >= 11 is 1.61. The summed E-state index contributed by atoms with van der Waals surface area (Å²) in [6.45, 7) is 0.682. The van der Waals surface area contributed by atoms with Gasteiger partial charge in [0.2, 0.25) is 11.3 Å². The number of carbonyl (C=O) groups is 1. The molecular formula is C16H15N3O2S. The largest absolute Gasteiger partial charge is 0.340 e. The van der Waals surface area contributed by atoms with Gasteiger partial charge in [-0.15, -0.1) is 0 Å². The third-order valence-corrected chi connectivity index (χ3v) is 4.20. The third kappa shape index (κ3) is 2.92. The summed E-state index contributed by atoms with van der Waals surface area (Å²) in [7, 11) is 1.77. The van der Waals surface area contributed by atoms with E-state index in [1.165, 1.54) is 6.20 Å². The molecule has 0 saturated heterocycles. The van der Waals surface area contributed by atoms with Gasteiger partial charge in [0.05, 0.1) is 11.7 Å². The Labute approximate surface area is 131 Å². The average Bonchev–Trinajstić information content (AvgIpc) is 3.03. The fourth-order valence-corrected chi connectivity index (χ4v) is 2.94. The van der Waals surface area contributed by atoms with Crippen molar-refractivity contribution >= 4 is 28.1 Å². The third-order valence-electron chi connectivity index (χ3n) is 3.47. The lowest BCUT2D eigenvalue weighted by Gasteiger charge is -2.17. The van der Waals surface area contributed by atoms with Crippen LogP contribution in [0.2, 0.25) is 0 Å². The number of fused-ring (bicyclic) bond motifs is 1. The minimum atomic E-state index is -0.133. The number of likely N-dealkylation sites (N-methyl/N-ethyl adjacent to an activating group) is 1. The van der Waals surface area contributed by atoms with Crippen molar-refractivity contribution in [1.82, 2.24) is 14.7 Å². The molecule has 0 fully saturated rings. The Kier molecular flexibility index (Phi) is 4.02. The minimum absolute atomic E-state index is 0.0486. The van der Waals surface area contributed by atoms with E-state index in [1.54, 1.807) is 46.2 Å². The first-order chi connectivity index (χ1) is 10.6. The second-order valence-electron chi connectivity index (χ2n) is 5.07. The lowest BCUT2D eigenvalue weighted by atomic mass is 10.2. The van der Waals surface area contributed by atoms with Gasteiger partial charge in [-0.2, -0.15) is 16.4 Å². The van der Waals surface area contributed by atoms with E-state index in [0.29, 0.717) is 17.4 Å². The van der Waals surface area contributed by atoms with Gasteiger partial charge in [-0.3, -0.25) is 14.3 Å². The quantitative estimate of drug-likeness (QED) is 0.741. The summed E-state index contributed by atoms with van der Waals surface area (Å²) in [6.07, 6.45) is 1.26. The van der Waals surface area contributed by atoms with Crippen LogP contribution in [0, 0.1) is 0 Å². The van der Waals surface area contributed by atoms with Crippen molar-refractivity contribution in [3.63, 3.8) is 0 Å². The molecule has 1 aromatic carbocycles. The van der Waals surface area contributed by atoms with Crippen LogP contribution >= 0.6 is 11.3 Å². The highest BCUT2D eigenvalue weighted by Crippen LogP contribution is 2.10. The van der Waals surface area contributed by atoms with E-state index in [-0.39, 0.29) is 17.9 Å². The van der Waals surface area contributed by atoms with Gasteiger partial charge >= 0.3 is 0 Å². The van der Waals surface area contributed by atoms with Gasteiger partial charge in [-0.1, -0.05) is 12.1 Å². The molecule has 0 saturated carbocycles. The molecule has 3 aromatic rings. The number of hydrogen-bond donors (Lipinski definition) is 0. The Morgan fingerprint density at radius 3 is 2.91 bits per heavy atom. The zero-order valence-electron chi connectivity index (χ0n) is 12.1. The number of nitrogens with zero attached hydrogens (tertiary/aromatic N) is 3. The molecule has 6 heteroatoms. The molecule has 3 rings (SSSR count). The van der Waals surface area contributed by atoms with Crippen LogP contribution in [0.1, 0.15) is 5.56 Å². The lowest BCUT2D eigenvalue weighted by Crippen LogP contribution is -2.30. The van der Waals surface area contributed by atoms with E-state index in [2.05, 4.69) is 5.10 Å². The number of amides is 1. The minimum Gasteiger partial charge on any atom is -0.340 e. The van der Waals surface area contributed by atoms with E-state index >= 15 is 0 Å². The molecular weight excluding hydrogens is 298 g/mol. The van der Waals surface area contributed by atoms with Gasteiger partial charge in [-0.25, -0.2) is 0 Å². The van der Waals surface area contributed by atoms with E-state index in [0.717, 1.165) is 5.56 Å². The van der Waals surface area contributed by atoms with Crippen LogP contribution in [-0.2, 0) is 17.9 Å². The zero-order chi connectivity index (χ0) is 15.5. The molecule has 0 aliphatic carbocycles. The number of rotatable bonds is 4. The van der Waals surface area contributed by atoms with Gasteiger partial charge in [0.25, 0.3) is 0 Å². The maximum Gasteiger partial charge on any atom is 0.244 e. The van der Waals surface area contributed by atoms with Gasteiger partial charge in [0.1, 0.15) is 6.54 Å². The van der Waals surface area contributed by atoms with Gasteiger partial charge < -0.3 is 4.90 Å². The molecule has 112 valence electrons. The van der Waals surface area contributed by atoms with E-state index in [4.69, 9.17) is 0 Å². The molecule has 2 heterocycles. The molecule has 1 amide bonds. The summed E-state index contributed by atoms with van der Waals surface area (Å²) in [6, 6.07) is 9.19. The SMILES string of the molecule is CN(Cc1ccsc1)C(=O)Cn1ncc(=O)c2ccccc21. The van der Waals surface area contributed by atoms with Crippen LogP contribution in [0.4, 0.5) is 0 Å². The van der Waals surface area contributed by atoms with Crippen LogP contribution in [0.5, 0.6) is 0 Å². The summed E-state index contributed by atoms with van der Waals surface area (Å²) in [5, 5.41) is 8.67. The normalized spacial score (nSPS) is 10.8. The fourth-order valence-electron chi connectivity index (χ4n) is 2.28. The van der Waals surface area contributed by atoms with Crippen molar-refractivity contribution in [3.05, 3.63) is 63.1 Å². The van der Waals surface area contributed by atoms with Crippen molar-refractivity contribution in [1.29, 1.82) is 0 Å². The predicted molar refractivity (Wildman–Crippen MR) is 86.8 cm³/mol. The fraction of sp³-hybridized carbons (Fsp3) is 0.188. The molecule has 2 aromatic heterocycles. The second-order valence-corrected chi connectivity index (χ2v) is 5.85. The van der Waals surface area contributed by atoms with Gasteiger partial charge in [0, 0.05) is 19.0 Å². The first-order valence-electron chi connectivity index (χ1n) is 6.85. The summed E-state index contributed by atoms with van der Waals surface area (Å²) < 4.78 is 1.57. The Balaban J connectivity index is 1.82. The van der Waals surface area contributed by atoms with Gasteiger partial charge in [0.15, 0.2) is 0 Å². The van der Waals surface area contributed by atoms with Crippen LogP contribution in [-0.4, -0.2) is 27.6 Å². The van der Waals surface area contributed by atoms with Crippen LogP contribution in [0.25, 0.3) is 10.9 Å². The Morgan fingerprint density at radius 2 is 2.14 bits per heavy atom. The summed E-state index contributed by atoms with van der Waals surface area (Å²) in [5.74, 6) is -0.0486. The molecule has 0 aliphatic rings. The average molecular weight is 313 g/mol. The van der Waals surface area contributed by atoms with Crippen molar-refractivity contribution in [2.24, 2.45) is 0 Å². The van der Waals surface area contributed by atoms with Gasteiger partial charge in [-0.05, 0) is 34.5 Å². The molecule has 0 atom stereocenters. The molecule has 0 bridgehead atoms. The predicted octanol–water partition coefficient (Wildman–Crippen LogP) is 2.12. The van der Waals surface area contributed by atoms with E-state index in [9.17, 15) is 9.59 Å². The Hall–Kier alpha value is -2.47. The van der Waals surface area contributed by atoms with E-state index < -0.39 is 0 Å². The lowest BCUT2D eigenvalue weighted by molar-refractivity contribution is -0.131. The number of benzene rings is 1. The number of aromatic nitrogens is 2. The molecule has 0 radical (unpaired) electrons. The molecule has 0 spiro atoms. The standard InChI is InChI=1S/C16H15N3O2S/c1-18(9-12-6-7-22-11-12)16(21)10-19-14-5-3-2-4-13(14)15(20)8-17-19/h2-8,11H,9-10H2,1H3. The maximum absolute atomic E-state index is 12.4. The number of carbonyl (C=O) groups excluding carboxylic acids is 1. The second kappa shape index (κ2) is 6.11. The Morgan fingerprint density at radius 1 is 1.32 bits per heavy atom. The number of para-hydroxylation sites is 1. The van der Waals surface area contributed by atoms with Crippen molar-refractivity contribution in [2.75, 3.05) is 7.05 Å². The van der Waals surface area contributed by atoms with Crippen molar-refractivity contribution in [2.45, 2.75) is 13.1 Å². The highest BCUT2D eigenvalue weighted by Gasteiger charge is 2.12. The summed E-state index contributed by atoms with van der Waals surface area (Å²) in [4.78, 5) is 25.8. The Bertz CT molecular complexity index is 855. The van der Waals surface area contributed by atoms with E-state index in [1.807, 2.05) is 22.9 Å². The van der Waals surface area contributed by atoms with Crippen LogP contribution in [0.3, 0.4) is 0 Å². The highest BCUT2D eigenvalue weighted by molar-refractivity contribution is 7.07. The van der Waals surface area contributed by atoms with Crippen molar-refractivity contribution < 1.29 is 4.79 Å². The van der Waals surface area contributed by atoms with Crippen LogP contribution < -0.4 is 5.43 Å². The van der Waals surface area contributed by atoms with Crippen molar-refractivity contribution in [3.8, 4) is 0 Å². The maximum atomic E-state index is 12.4. The first-order valence-corrected chi connectivity index (χ1v) is 7.79. The molecule has 0 aliphatic heterocycles. The molecule has 22 heavy (non-hydrogen) atoms. The molecule has 5 nitrogen and oxygen atoms in total. The highest BCUT2D eigenvalue weighted by atomic mass is 32.1.